The molecule has 9 rings (SSSR count). The second kappa shape index (κ2) is 15.8. The fourth-order valence-corrected chi connectivity index (χ4v) is 9.29. The molecule has 1 atom stereocenters. The van der Waals surface area contributed by atoms with Gasteiger partial charge in [-0.15, -0.1) is 11.3 Å². The largest absolute Gasteiger partial charge is 0.389 e. The molecule has 5 aliphatic rings. The third kappa shape index (κ3) is 7.49. The van der Waals surface area contributed by atoms with Crippen LogP contribution < -0.4 is 10.2 Å². The Balaban J connectivity index is 0.831. The first-order valence-electron chi connectivity index (χ1n) is 19.9. The molecule has 2 aromatic heterocycles. The van der Waals surface area contributed by atoms with Crippen molar-refractivity contribution >= 4 is 39.9 Å². The number of allylic oxidation sites excluding steroid dienone is 7. The summed E-state index contributed by atoms with van der Waals surface area (Å²) < 4.78 is 17.9. The highest BCUT2D eigenvalue weighted by Gasteiger charge is 2.42. The van der Waals surface area contributed by atoms with Crippen molar-refractivity contribution in [3.8, 4) is 11.1 Å². The lowest BCUT2D eigenvalue weighted by atomic mass is 9.87. The molecule has 2 aromatic carbocycles. The number of thiazole rings is 1. The van der Waals surface area contributed by atoms with Gasteiger partial charge >= 0.3 is 0 Å². The van der Waals surface area contributed by atoms with E-state index in [4.69, 9.17) is 0 Å². The Kier molecular flexibility index (Phi) is 10.3. The highest BCUT2D eigenvalue weighted by Crippen LogP contribution is 2.38. The van der Waals surface area contributed by atoms with Crippen molar-refractivity contribution in [3.63, 3.8) is 0 Å². The molecule has 6 heterocycles. The molecule has 2 fully saturated rings. The number of rotatable bonds is 9. The molecule has 4 aromatic rings. The number of carbonyl (C=O) groups is 3. The summed E-state index contributed by atoms with van der Waals surface area (Å²) in [5, 5.41) is 16.4. The van der Waals surface area contributed by atoms with Crippen LogP contribution in [0.2, 0.25) is 0 Å². The molecule has 2 saturated heterocycles. The molecule has 1 unspecified atom stereocenters. The Bertz CT molecular complexity index is 2330. The molecule has 298 valence electrons. The molecular weight excluding hydrogens is 756 g/mol. The lowest BCUT2D eigenvalue weighted by Crippen LogP contribution is -2.52. The smallest absolute Gasteiger partial charge is 0.255 e. The third-order valence-electron chi connectivity index (χ3n) is 12.0. The number of aliphatic hydroxyl groups is 1. The summed E-state index contributed by atoms with van der Waals surface area (Å²) in [7, 11) is 0. The van der Waals surface area contributed by atoms with E-state index in [-0.39, 0.29) is 30.0 Å². The summed E-state index contributed by atoms with van der Waals surface area (Å²) in [5.41, 5.74) is 4.31. The predicted molar refractivity (Wildman–Crippen MR) is 220 cm³/mol. The zero-order valence-electron chi connectivity index (χ0n) is 32.1. The van der Waals surface area contributed by atoms with Crippen LogP contribution in [0.25, 0.3) is 11.1 Å². The topological polar surface area (TPSA) is 127 Å². The minimum Gasteiger partial charge on any atom is -0.389 e. The Morgan fingerprint density at radius 1 is 0.914 bits per heavy atom. The minimum atomic E-state index is -1.05. The lowest BCUT2D eigenvalue weighted by Gasteiger charge is -2.41. The van der Waals surface area contributed by atoms with Gasteiger partial charge in [0.05, 0.1) is 30.6 Å². The molecule has 4 aliphatic heterocycles. The number of carbonyl (C=O) groups excluding carboxylic acids is 3. The summed E-state index contributed by atoms with van der Waals surface area (Å²) in [5.74, 6) is -1.38. The number of hydrogen-bond donors (Lipinski definition) is 2. The van der Waals surface area contributed by atoms with E-state index in [9.17, 15) is 19.5 Å². The van der Waals surface area contributed by atoms with Crippen molar-refractivity contribution in [2.75, 3.05) is 49.5 Å². The Morgan fingerprint density at radius 2 is 1.69 bits per heavy atom. The molecule has 2 N–H and O–H groups in total. The zero-order valence-corrected chi connectivity index (χ0v) is 32.9. The number of aryl methyl sites for hydroxylation is 1. The number of halogens is 1. The lowest BCUT2D eigenvalue weighted by molar-refractivity contribution is -0.138. The predicted octanol–water partition coefficient (Wildman–Crippen LogP) is 5.86. The molecule has 1 aliphatic carbocycles. The summed E-state index contributed by atoms with van der Waals surface area (Å²) in [6.45, 7) is 4.52. The van der Waals surface area contributed by atoms with Crippen LogP contribution in [0.5, 0.6) is 0 Å². The highest BCUT2D eigenvalue weighted by molar-refractivity contribution is 7.13. The second-order valence-electron chi connectivity index (χ2n) is 15.5. The van der Waals surface area contributed by atoms with Crippen molar-refractivity contribution in [2.45, 2.75) is 56.8 Å². The number of benzene rings is 2. The summed E-state index contributed by atoms with van der Waals surface area (Å²) in [6.07, 6.45) is 20.3. The van der Waals surface area contributed by atoms with Crippen molar-refractivity contribution in [1.29, 1.82) is 0 Å². The highest BCUT2D eigenvalue weighted by atomic mass is 32.1. The monoisotopic (exact) mass is 800 g/mol. The van der Waals surface area contributed by atoms with Crippen molar-refractivity contribution in [2.24, 2.45) is 0 Å². The average Bonchev–Trinajstić information content (AvgIpc) is 4.04. The number of anilines is 2. The SMILES string of the molecule is O=C(Nc1nccs1)C(c1ncn2c1CCC2)N1Cc2c(F)cc(-c3ccc(N4CCN(C(=O)CC5(O)CCN(C6=C/C=C\C=C/C=C\6)CC5)CC4)cc3)cc2C1=O. The molecule has 0 saturated carbocycles. The quantitative estimate of drug-likeness (QED) is 0.216. The Labute approximate surface area is 340 Å². The average molecular weight is 801 g/mol. The number of aromatic nitrogens is 3. The van der Waals surface area contributed by atoms with E-state index in [1.807, 2.05) is 64.1 Å². The zero-order chi connectivity index (χ0) is 39.8. The van der Waals surface area contributed by atoms with E-state index in [0.29, 0.717) is 68.5 Å². The van der Waals surface area contributed by atoms with Crippen LogP contribution in [-0.4, -0.2) is 96.9 Å². The summed E-state index contributed by atoms with van der Waals surface area (Å²) >= 11 is 1.28. The van der Waals surface area contributed by atoms with Gasteiger partial charge in [-0.05, 0) is 73.2 Å². The van der Waals surface area contributed by atoms with Crippen LogP contribution >= 0.6 is 11.3 Å². The van der Waals surface area contributed by atoms with Crippen LogP contribution in [0.15, 0.2) is 103 Å². The fourth-order valence-electron chi connectivity index (χ4n) is 8.76. The van der Waals surface area contributed by atoms with E-state index in [2.05, 4.69) is 37.2 Å². The first-order valence-corrected chi connectivity index (χ1v) is 20.8. The van der Waals surface area contributed by atoms with Gasteiger partial charge in [-0.25, -0.2) is 14.4 Å². The van der Waals surface area contributed by atoms with E-state index in [1.165, 1.54) is 22.3 Å². The number of amides is 3. The Hall–Kier alpha value is -5.86. The summed E-state index contributed by atoms with van der Waals surface area (Å²) in [6, 6.07) is 9.91. The standard InChI is InChI=1S/C44H45FN8O4S/c45-36-26-31(25-34-35(36)28-53(42(34)56)40(41(55)48-43-46-16-24-58-43)39-37-9-6-17-52(37)29-47-39)30-10-12-33(13-11-30)50-20-22-51(23-21-50)38(54)27-44(57)14-18-49(19-15-44)32-7-4-2-1-3-5-8-32/h1-5,7-8,10-13,16,24-26,29,40,57H,6,9,14-15,17-23,27-28H2,(H,46,48,55)/b2-1-,3-1?,4-2?,5-3-,7-4-,8-5?,32-7?,32-8+. The number of nitrogens with one attached hydrogen (secondary N) is 1. The number of hydrogen-bond acceptors (Lipinski definition) is 9. The molecule has 0 radical (unpaired) electrons. The minimum absolute atomic E-state index is 0.0175. The van der Waals surface area contributed by atoms with E-state index >= 15 is 4.39 Å². The Morgan fingerprint density at radius 3 is 2.47 bits per heavy atom. The van der Waals surface area contributed by atoms with Gasteiger partial charge in [0.1, 0.15) is 5.82 Å². The van der Waals surface area contributed by atoms with Crippen LogP contribution in [0.4, 0.5) is 15.2 Å². The van der Waals surface area contributed by atoms with Gasteiger partial charge < -0.3 is 29.3 Å². The van der Waals surface area contributed by atoms with E-state index < -0.39 is 29.3 Å². The maximum atomic E-state index is 15.9. The molecule has 12 nitrogen and oxygen atoms in total. The number of fused-ring (bicyclic) bond motifs is 2. The normalized spacial score (nSPS) is 21.7. The van der Waals surface area contributed by atoms with Crippen LogP contribution in [0.3, 0.4) is 0 Å². The number of nitrogens with zero attached hydrogens (tertiary/aromatic N) is 7. The second-order valence-corrected chi connectivity index (χ2v) is 16.4. The van der Waals surface area contributed by atoms with Gasteiger partial charge in [0.2, 0.25) is 5.91 Å². The third-order valence-corrected chi connectivity index (χ3v) is 12.7. The number of piperidine rings is 1. The fraction of sp³-hybridized carbons (Fsp3) is 0.341. The number of imidazole rings is 1. The molecule has 14 heteroatoms. The summed E-state index contributed by atoms with van der Waals surface area (Å²) in [4.78, 5) is 57.8. The molecular formula is C44H45FN8O4S. The van der Waals surface area contributed by atoms with Gasteiger partial charge in [0.15, 0.2) is 11.2 Å². The van der Waals surface area contributed by atoms with Crippen LogP contribution in [0, 0.1) is 5.82 Å². The van der Waals surface area contributed by atoms with Crippen LogP contribution in [-0.2, 0) is 29.1 Å². The van der Waals surface area contributed by atoms with Gasteiger partial charge in [0.25, 0.3) is 11.8 Å². The van der Waals surface area contributed by atoms with E-state index in [0.717, 1.165) is 42.0 Å². The maximum absolute atomic E-state index is 15.9. The van der Waals surface area contributed by atoms with Crippen molar-refractivity contribution < 1.29 is 23.9 Å². The van der Waals surface area contributed by atoms with Crippen molar-refractivity contribution in [3.05, 3.63) is 131 Å². The van der Waals surface area contributed by atoms with Gasteiger partial charge in [0, 0.05) is 85.6 Å². The van der Waals surface area contributed by atoms with Crippen molar-refractivity contribution in [1.82, 2.24) is 29.2 Å². The van der Waals surface area contributed by atoms with Gasteiger partial charge in [-0.1, -0.05) is 42.5 Å². The number of piperazine rings is 1. The maximum Gasteiger partial charge on any atom is 0.255 e. The van der Waals surface area contributed by atoms with Crippen LogP contribution in [0.1, 0.15) is 59.0 Å². The van der Waals surface area contributed by atoms with E-state index in [1.54, 1.807) is 24.0 Å². The molecule has 58 heavy (non-hydrogen) atoms. The van der Waals surface area contributed by atoms with Gasteiger partial charge in [-0.3, -0.25) is 19.7 Å². The first kappa shape index (κ1) is 37.7. The van der Waals surface area contributed by atoms with Gasteiger partial charge in [-0.2, -0.15) is 0 Å². The first-order chi connectivity index (χ1) is 28.2. The molecule has 3 amide bonds. The number of likely N-dealkylation sites (tertiary alicyclic amines) is 1. The molecule has 0 spiro atoms. The molecule has 0 bridgehead atoms.